The molecule has 2 rings (SSSR count). The third kappa shape index (κ3) is 2.77. The number of halogens is 5. The molecule has 0 unspecified atom stereocenters. The molecule has 2 aromatic carbocycles. The molecule has 104 valence electrons. The highest BCUT2D eigenvalue weighted by Crippen LogP contribution is 2.25. The molecule has 0 aliphatic rings. The molecule has 1 N–H and O–H groups in total. The molecule has 0 radical (unpaired) electrons. The Morgan fingerprint density at radius 2 is 1.55 bits per heavy atom. The van der Waals surface area contributed by atoms with Crippen molar-refractivity contribution in [3.63, 3.8) is 0 Å². The average molecular weight is 395 g/mol. The van der Waals surface area contributed by atoms with Gasteiger partial charge in [-0.25, -0.2) is 17.6 Å². The van der Waals surface area contributed by atoms with Crippen LogP contribution >= 0.6 is 22.6 Å². The maximum Gasteiger partial charge on any atom is 0.256 e. The maximum absolute atomic E-state index is 13.4. The van der Waals surface area contributed by atoms with Crippen LogP contribution in [0.1, 0.15) is 10.4 Å². The lowest BCUT2D eigenvalue weighted by atomic mass is 10.2. The number of amides is 1. The smallest absolute Gasteiger partial charge is 0.256 e. The van der Waals surface area contributed by atoms with Crippen LogP contribution in [0, 0.1) is 26.8 Å². The van der Waals surface area contributed by atoms with Gasteiger partial charge in [0.2, 0.25) is 0 Å². The third-order valence-corrected chi connectivity index (χ3v) is 3.41. The van der Waals surface area contributed by atoms with Gasteiger partial charge in [-0.15, -0.1) is 0 Å². The van der Waals surface area contributed by atoms with Crippen LogP contribution in [0.2, 0.25) is 0 Å². The van der Waals surface area contributed by atoms with Crippen molar-refractivity contribution in [2.24, 2.45) is 0 Å². The maximum atomic E-state index is 13.4. The van der Waals surface area contributed by atoms with E-state index in [4.69, 9.17) is 0 Å². The van der Waals surface area contributed by atoms with Crippen LogP contribution < -0.4 is 5.32 Å². The summed E-state index contributed by atoms with van der Waals surface area (Å²) >= 11 is 1.85. The van der Waals surface area contributed by atoms with E-state index in [2.05, 4.69) is 0 Å². The van der Waals surface area contributed by atoms with Crippen LogP contribution in [-0.4, -0.2) is 5.91 Å². The summed E-state index contributed by atoms with van der Waals surface area (Å²) in [6, 6.07) is 6.32. The van der Waals surface area contributed by atoms with Crippen molar-refractivity contribution in [3.05, 3.63) is 62.7 Å². The number of nitrogens with one attached hydrogen (secondary N) is 1. The first-order chi connectivity index (χ1) is 9.41. The number of hydrogen-bond donors (Lipinski definition) is 1. The fourth-order valence-electron chi connectivity index (χ4n) is 1.51. The van der Waals surface area contributed by atoms with Gasteiger partial charge in [0.25, 0.3) is 5.91 Å². The lowest BCUT2D eigenvalue weighted by molar-refractivity contribution is 0.102. The number of benzene rings is 2. The predicted molar refractivity (Wildman–Crippen MR) is 73.4 cm³/mol. The van der Waals surface area contributed by atoms with Gasteiger partial charge in [0.05, 0.1) is 5.56 Å². The molecule has 0 spiro atoms. The lowest BCUT2D eigenvalue weighted by Gasteiger charge is -2.09. The van der Waals surface area contributed by atoms with Crippen LogP contribution in [0.3, 0.4) is 0 Å². The monoisotopic (exact) mass is 395 g/mol. The zero-order valence-corrected chi connectivity index (χ0v) is 11.8. The Morgan fingerprint density at radius 3 is 2.10 bits per heavy atom. The van der Waals surface area contributed by atoms with Crippen molar-refractivity contribution in [2.45, 2.75) is 0 Å². The first-order valence-electron chi connectivity index (χ1n) is 5.30. The van der Waals surface area contributed by atoms with Gasteiger partial charge >= 0.3 is 0 Å². The lowest BCUT2D eigenvalue weighted by Crippen LogP contribution is -2.16. The molecule has 0 aliphatic carbocycles. The van der Waals surface area contributed by atoms with Crippen molar-refractivity contribution in [1.82, 2.24) is 0 Å². The van der Waals surface area contributed by atoms with Crippen molar-refractivity contribution in [3.8, 4) is 0 Å². The highest BCUT2D eigenvalue weighted by atomic mass is 127. The largest absolute Gasteiger partial charge is 0.317 e. The van der Waals surface area contributed by atoms with Gasteiger partial charge in [-0.05, 0) is 34.7 Å². The summed E-state index contributed by atoms with van der Waals surface area (Å²) in [4.78, 5) is 11.9. The van der Waals surface area contributed by atoms with E-state index < -0.39 is 34.9 Å². The highest BCUT2D eigenvalue weighted by Gasteiger charge is 2.21. The Hall–Kier alpha value is -1.64. The minimum absolute atomic E-state index is 0.0760. The highest BCUT2D eigenvalue weighted by molar-refractivity contribution is 14.1. The van der Waals surface area contributed by atoms with E-state index in [9.17, 15) is 22.4 Å². The van der Waals surface area contributed by atoms with Crippen molar-refractivity contribution in [1.29, 1.82) is 0 Å². The molecule has 2 aromatic rings. The Bertz CT molecular complexity index is 664. The van der Waals surface area contributed by atoms with E-state index in [-0.39, 0.29) is 11.6 Å². The molecule has 0 aromatic heterocycles. The molecule has 20 heavy (non-hydrogen) atoms. The average Bonchev–Trinajstić information content (AvgIpc) is 2.41. The number of carbonyl (C=O) groups excluding carboxylic acids is 1. The summed E-state index contributed by atoms with van der Waals surface area (Å²) < 4.78 is 53.4. The molecule has 0 saturated carbocycles. The number of rotatable bonds is 2. The second kappa shape index (κ2) is 5.78. The third-order valence-electron chi connectivity index (χ3n) is 2.47. The summed E-state index contributed by atoms with van der Waals surface area (Å²) in [5.41, 5.74) is -1.01. The minimum Gasteiger partial charge on any atom is -0.317 e. The van der Waals surface area contributed by atoms with Crippen LogP contribution in [0.4, 0.5) is 23.2 Å². The summed E-state index contributed by atoms with van der Waals surface area (Å²) in [7, 11) is 0. The Kier molecular flexibility index (Phi) is 4.26. The van der Waals surface area contributed by atoms with Gasteiger partial charge in [0, 0.05) is 9.64 Å². The molecule has 0 aliphatic heterocycles. The van der Waals surface area contributed by atoms with E-state index in [0.29, 0.717) is 3.57 Å². The van der Waals surface area contributed by atoms with Gasteiger partial charge in [-0.2, -0.15) is 0 Å². The normalized spacial score (nSPS) is 10.4. The summed E-state index contributed by atoms with van der Waals surface area (Å²) in [6.45, 7) is 0. The Labute approximate surface area is 124 Å². The molecule has 1 amide bonds. The van der Waals surface area contributed by atoms with E-state index in [0.717, 1.165) is 0 Å². The predicted octanol–water partition coefficient (Wildman–Crippen LogP) is 4.10. The molecule has 2 nitrogen and oxygen atoms in total. The minimum atomic E-state index is -1.65. The molecular weight excluding hydrogens is 389 g/mol. The van der Waals surface area contributed by atoms with Gasteiger partial charge in [-0.3, -0.25) is 4.79 Å². The molecule has 0 heterocycles. The standard InChI is InChI=1S/C13H6F4INO/c14-7-5-8(15)11(17)12(10(7)16)19-13(20)6-3-1-2-4-9(6)18/h1-5H,(H,19,20). The number of hydrogen-bond acceptors (Lipinski definition) is 1. The van der Waals surface area contributed by atoms with Crippen molar-refractivity contribution < 1.29 is 22.4 Å². The van der Waals surface area contributed by atoms with Gasteiger partial charge < -0.3 is 5.32 Å². The molecule has 0 atom stereocenters. The second-order valence-electron chi connectivity index (χ2n) is 3.78. The van der Waals surface area contributed by atoms with Gasteiger partial charge in [0.15, 0.2) is 23.3 Å². The van der Waals surface area contributed by atoms with Crippen LogP contribution in [0.15, 0.2) is 30.3 Å². The first kappa shape index (κ1) is 14.8. The quantitative estimate of drug-likeness (QED) is 0.463. The summed E-state index contributed by atoms with van der Waals surface area (Å²) in [6.07, 6.45) is 0. The van der Waals surface area contributed by atoms with Gasteiger partial charge in [-0.1, -0.05) is 12.1 Å². The van der Waals surface area contributed by atoms with Gasteiger partial charge in [0.1, 0.15) is 5.69 Å². The molecular formula is C13H6F4INO. The molecule has 7 heteroatoms. The zero-order valence-electron chi connectivity index (χ0n) is 9.68. The molecule has 0 saturated heterocycles. The van der Waals surface area contributed by atoms with E-state index in [1.165, 1.54) is 6.07 Å². The fraction of sp³-hybridized carbons (Fsp3) is 0. The van der Waals surface area contributed by atoms with E-state index in [1.807, 2.05) is 27.9 Å². The summed E-state index contributed by atoms with van der Waals surface area (Å²) in [5.74, 6) is -7.33. The van der Waals surface area contributed by atoms with E-state index in [1.54, 1.807) is 18.2 Å². The number of carbonyl (C=O) groups is 1. The SMILES string of the molecule is O=C(Nc1c(F)c(F)cc(F)c1F)c1ccccc1I. The summed E-state index contributed by atoms with van der Waals surface area (Å²) in [5, 5.41) is 1.84. The van der Waals surface area contributed by atoms with Crippen LogP contribution in [0.5, 0.6) is 0 Å². The topological polar surface area (TPSA) is 29.1 Å². The molecule has 0 bridgehead atoms. The zero-order chi connectivity index (χ0) is 14.9. The van der Waals surface area contributed by atoms with Crippen molar-refractivity contribution >= 4 is 34.2 Å². The van der Waals surface area contributed by atoms with Crippen molar-refractivity contribution in [2.75, 3.05) is 5.32 Å². The first-order valence-corrected chi connectivity index (χ1v) is 6.38. The molecule has 0 fully saturated rings. The number of anilines is 1. The Balaban J connectivity index is 2.41. The van der Waals surface area contributed by atoms with Crippen LogP contribution in [0.25, 0.3) is 0 Å². The Morgan fingerprint density at radius 1 is 1.00 bits per heavy atom. The fourth-order valence-corrected chi connectivity index (χ4v) is 2.14. The van der Waals surface area contributed by atoms with E-state index >= 15 is 0 Å². The second-order valence-corrected chi connectivity index (χ2v) is 4.94. The van der Waals surface area contributed by atoms with Crippen LogP contribution in [-0.2, 0) is 0 Å².